The SMILES string of the molecule is NCC1CCCCC1NC(=O)c1ccc(F)cc1. The van der Waals surface area contributed by atoms with Crippen LogP contribution in [0.5, 0.6) is 0 Å². The molecule has 0 aliphatic heterocycles. The van der Waals surface area contributed by atoms with Crippen molar-refractivity contribution in [3.63, 3.8) is 0 Å². The van der Waals surface area contributed by atoms with E-state index in [0.717, 1.165) is 19.3 Å². The van der Waals surface area contributed by atoms with Crippen LogP contribution in [-0.2, 0) is 0 Å². The Balaban J connectivity index is 1.99. The molecule has 3 nitrogen and oxygen atoms in total. The third-order valence-electron chi connectivity index (χ3n) is 3.63. The van der Waals surface area contributed by atoms with Crippen molar-refractivity contribution in [1.82, 2.24) is 5.32 Å². The summed E-state index contributed by atoms with van der Waals surface area (Å²) in [5.74, 6) is -0.104. The Morgan fingerprint density at radius 3 is 2.61 bits per heavy atom. The molecular weight excluding hydrogens is 231 g/mol. The molecule has 0 spiro atoms. The predicted octanol–water partition coefficient (Wildman–Crippen LogP) is 2.07. The number of hydrogen-bond donors (Lipinski definition) is 2. The summed E-state index contributed by atoms with van der Waals surface area (Å²) in [5, 5.41) is 3.01. The number of nitrogens with one attached hydrogen (secondary N) is 1. The van der Waals surface area contributed by atoms with Crippen molar-refractivity contribution in [1.29, 1.82) is 0 Å². The monoisotopic (exact) mass is 250 g/mol. The molecule has 0 radical (unpaired) electrons. The number of hydrogen-bond acceptors (Lipinski definition) is 2. The zero-order valence-electron chi connectivity index (χ0n) is 10.4. The Morgan fingerprint density at radius 2 is 1.94 bits per heavy atom. The molecule has 1 aromatic rings. The van der Waals surface area contributed by atoms with Gasteiger partial charge in [-0.1, -0.05) is 12.8 Å². The summed E-state index contributed by atoms with van der Waals surface area (Å²) in [4.78, 5) is 12.0. The molecule has 2 unspecified atom stereocenters. The van der Waals surface area contributed by atoms with Crippen LogP contribution in [0.1, 0.15) is 36.0 Å². The van der Waals surface area contributed by atoms with Crippen LogP contribution in [0.25, 0.3) is 0 Å². The van der Waals surface area contributed by atoms with Gasteiger partial charge < -0.3 is 11.1 Å². The van der Waals surface area contributed by atoms with E-state index in [2.05, 4.69) is 5.32 Å². The maximum Gasteiger partial charge on any atom is 0.251 e. The molecule has 1 amide bonds. The average molecular weight is 250 g/mol. The second kappa shape index (κ2) is 5.96. The highest BCUT2D eigenvalue weighted by molar-refractivity contribution is 5.94. The quantitative estimate of drug-likeness (QED) is 0.863. The lowest BCUT2D eigenvalue weighted by atomic mass is 9.84. The summed E-state index contributed by atoms with van der Waals surface area (Å²) in [5.41, 5.74) is 6.22. The highest BCUT2D eigenvalue weighted by Crippen LogP contribution is 2.23. The molecule has 1 fully saturated rings. The standard InChI is InChI=1S/C14H19FN2O/c15-12-7-5-10(6-8-12)14(18)17-13-4-2-1-3-11(13)9-16/h5-8,11,13H,1-4,9,16H2,(H,17,18). The maximum atomic E-state index is 12.8. The first-order chi connectivity index (χ1) is 8.70. The number of carbonyl (C=O) groups excluding carboxylic acids is 1. The Bertz CT molecular complexity index is 405. The predicted molar refractivity (Wildman–Crippen MR) is 68.7 cm³/mol. The van der Waals surface area contributed by atoms with Gasteiger partial charge in [0, 0.05) is 11.6 Å². The van der Waals surface area contributed by atoms with E-state index in [4.69, 9.17) is 5.73 Å². The van der Waals surface area contributed by atoms with Crippen molar-refractivity contribution in [3.8, 4) is 0 Å². The van der Waals surface area contributed by atoms with Gasteiger partial charge >= 0.3 is 0 Å². The molecule has 1 aromatic carbocycles. The fourth-order valence-electron chi connectivity index (χ4n) is 2.53. The largest absolute Gasteiger partial charge is 0.349 e. The topological polar surface area (TPSA) is 55.1 Å². The molecular formula is C14H19FN2O. The fraction of sp³-hybridized carbons (Fsp3) is 0.500. The van der Waals surface area contributed by atoms with Crippen molar-refractivity contribution in [3.05, 3.63) is 35.6 Å². The van der Waals surface area contributed by atoms with Crippen LogP contribution in [0.3, 0.4) is 0 Å². The first kappa shape index (κ1) is 13.0. The number of carbonyl (C=O) groups is 1. The molecule has 0 heterocycles. The van der Waals surface area contributed by atoms with Gasteiger partial charge in [0.2, 0.25) is 0 Å². The van der Waals surface area contributed by atoms with Gasteiger partial charge in [0.05, 0.1) is 0 Å². The zero-order chi connectivity index (χ0) is 13.0. The molecule has 2 rings (SSSR count). The molecule has 18 heavy (non-hydrogen) atoms. The number of benzene rings is 1. The summed E-state index contributed by atoms with van der Waals surface area (Å²) >= 11 is 0. The second-order valence-electron chi connectivity index (χ2n) is 4.87. The molecule has 4 heteroatoms. The molecule has 98 valence electrons. The second-order valence-corrected chi connectivity index (χ2v) is 4.87. The maximum absolute atomic E-state index is 12.8. The Hall–Kier alpha value is -1.42. The van der Waals surface area contributed by atoms with Crippen LogP contribution in [-0.4, -0.2) is 18.5 Å². The minimum Gasteiger partial charge on any atom is -0.349 e. The van der Waals surface area contributed by atoms with Gasteiger partial charge in [-0.25, -0.2) is 4.39 Å². The summed E-state index contributed by atoms with van der Waals surface area (Å²) < 4.78 is 12.8. The highest BCUT2D eigenvalue weighted by atomic mass is 19.1. The summed E-state index contributed by atoms with van der Waals surface area (Å²) in [6, 6.07) is 5.77. The van der Waals surface area contributed by atoms with E-state index in [1.165, 1.54) is 30.7 Å². The first-order valence-corrected chi connectivity index (χ1v) is 6.47. The van der Waals surface area contributed by atoms with Crippen molar-refractivity contribution in [2.75, 3.05) is 6.54 Å². The minimum absolute atomic E-state index is 0.139. The van der Waals surface area contributed by atoms with Crippen LogP contribution in [0.4, 0.5) is 4.39 Å². The van der Waals surface area contributed by atoms with E-state index in [1.807, 2.05) is 0 Å². The van der Waals surface area contributed by atoms with Gasteiger partial charge in [0.25, 0.3) is 5.91 Å². The van der Waals surface area contributed by atoms with Crippen molar-refractivity contribution in [2.24, 2.45) is 11.7 Å². The van der Waals surface area contributed by atoms with Gasteiger partial charge in [-0.3, -0.25) is 4.79 Å². The van der Waals surface area contributed by atoms with E-state index < -0.39 is 0 Å². The van der Waals surface area contributed by atoms with Crippen LogP contribution >= 0.6 is 0 Å². The van der Waals surface area contributed by atoms with Crippen molar-refractivity contribution < 1.29 is 9.18 Å². The number of halogens is 1. The van der Waals surface area contributed by atoms with E-state index in [1.54, 1.807) is 0 Å². The number of nitrogens with two attached hydrogens (primary N) is 1. The van der Waals surface area contributed by atoms with Gasteiger partial charge in [-0.2, -0.15) is 0 Å². The first-order valence-electron chi connectivity index (χ1n) is 6.47. The number of amides is 1. The lowest BCUT2D eigenvalue weighted by Gasteiger charge is -2.31. The van der Waals surface area contributed by atoms with Gasteiger partial charge in [0.1, 0.15) is 5.82 Å². The lowest BCUT2D eigenvalue weighted by Crippen LogP contribution is -2.44. The molecule has 0 bridgehead atoms. The summed E-state index contributed by atoms with van der Waals surface area (Å²) in [7, 11) is 0. The smallest absolute Gasteiger partial charge is 0.251 e. The van der Waals surface area contributed by atoms with E-state index in [0.29, 0.717) is 18.0 Å². The van der Waals surface area contributed by atoms with E-state index >= 15 is 0 Å². The summed E-state index contributed by atoms with van der Waals surface area (Å²) in [6.07, 6.45) is 4.37. The third-order valence-corrected chi connectivity index (χ3v) is 3.63. The minimum atomic E-state index is -0.330. The van der Waals surface area contributed by atoms with Crippen molar-refractivity contribution in [2.45, 2.75) is 31.7 Å². The van der Waals surface area contributed by atoms with Crippen LogP contribution < -0.4 is 11.1 Å². The Morgan fingerprint density at radius 1 is 1.28 bits per heavy atom. The molecule has 1 saturated carbocycles. The summed E-state index contributed by atoms with van der Waals surface area (Å²) in [6.45, 7) is 0.606. The highest BCUT2D eigenvalue weighted by Gasteiger charge is 2.25. The van der Waals surface area contributed by atoms with Crippen LogP contribution in [0, 0.1) is 11.7 Å². The van der Waals surface area contributed by atoms with Gasteiger partial charge in [-0.15, -0.1) is 0 Å². The van der Waals surface area contributed by atoms with E-state index in [9.17, 15) is 9.18 Å². The molecule has 2 atom stereocenters. The molecule has 1 aliphatic carbocycles. The van der Waals surface area contributed by atoms with Crippen LogP contribution in [0.2, 0.25) is 0 Å². The third kappa shape index (κ3) is 3.07. The zero-order valence-corrected chi connectivity index (χ0v) is 10.4. The molecule has 0 aromatic heterocycles. The van der Waals surface area contributed by atoms with Crippen LogP contribution in [0.15, 0.2) is 24.3 Å². The molecule has 1 aliphatic rings. The molecule has 3 N–H and O–H groups in total. The Kier molecular flexibility index (Phi) is 4.31. The Labute approximate surface area is 107 Å². The fourth-order valence-corrected chi connectivity index (χ4v) is 2.53. The van der Waals surface area contributed by atoms with Crippen molar-refractivity contribution >= 4 is 5.91 Å². The normalized spacial score (nSPS) is 23.7. The van der Waals surface area contributed by atoms with Gasteiger partial charge in [-0.05, 0) is 49.6 Å². The number of rotatable bonds is 3. The lowest BCUT2D eigenvalue weighted by molar-refractivity contribution is 0.0908. The average Bonchev–Trinajstić information content (AvgIpc) is 2.40. The molecule has 0 saturated heterocycles. The van der Waals surface area contributed by atoms with Gasteiger partial charge in [0.15, 0.2) is 0 Å². The van der Waals surface area contributed by atoms with E-state index in [-0.39, 0.29) is 17.8 Å².